The summed E-state index contributed by atoms with van der Waals surface area (Å²) in [5, 5.41) is 19.9. The first-order chi connectivity index (χ1) is 13.1. The number of H-pyrrole nitrogens is 1. The van der Waals surface area contributed by atoms with Gasteiger partial charge in [-0.05, 0) is 6.92 Å². The standard InChI is InChI=1S/C14H19N6O7P/c1-8-12(21)11(9(3-17-8)6-27-28(24,25)26)5-19-14(20-15,13(22)23)2-10-4-16-7-18-10/h3-5,7,20-21H,2,6,15H2,1H3,(H,16,18)(H,22,23)(H2,24,25,26)/b19-5+/t14-/m1/s1. The van der Waals surface area contributed by atoms with Crippen LogP contribution in [0.5, 0.6) is 5.75 Å². The van der Waals surface area contributed by atoms with Crippen LogP contribution in [0.2, 0.25) is 0 Å². The summed E-state index contributed by atoms with van der Waals surface area (Å²) in [6.07, 6.45) is 4.80. The zero-order chi connectivity index (χ0) is 20.9. The molecular weight excluding hydrogens is 395 g/mol. The van der Waals surface area contributed by atoms with E-state index in [0.717, 1.165) is 6.21 Å². The largest absolute Gasteiger partial charge is 0.505 e. The second-order valence-electron chi connectivity index (χ2n) is 5.72. The van der Waals surface area contributed by atoms with E-state index >= 15 is 0 Å². The summed E-state index contributed by atoms with van der Waals surface area (Å²) in [5.74, 6) is 3.67. The van der Waals surface area contributed by atoms with Crippen molar-refractivity contribution in [1.29, 1.82) is 0 Å². The fourth-order valence-corrected chi connectivity index (χ4v) is 2.53. The number of nitrogens with two attached hydrogens (primary N) is 1. The average molecular weight is 414 g/mol. The molecule has 152 valence electrons. The van der Waals surface area contributed by atoms with Crippen LogP contribution in [0.4, 0.5) is 0 Å². The molecule has 8 N–H and O–H groups in total. The molecule has 0 amide bonds. The minimum atomic E-state index is -4.78. The Morgan fingerprint density at radius 1 is 1.50 bits per heavy atom. The highest BCUT2D eigenvalue weighted by Crippen LogP contribution is 2.37. The number of rotatable bonds is 9. The van der Waals surface area contributed by atoms with E-state index in [0.29, 0.717) is 5.69 Å². The second kappa shape index (κ2) is 8.56. The molecular formula is C14H19N6O7P. The van der Waals surface area contributed by atoms with Crippen LogP contribution >= 0.6 is 7.82 Å². The quantitative estimate of drug-likeness (QED) is 0.118. The predicted molar refractivity (Wildman–Crippen MR) is 95.0 cm³/mol. The molecule has 0 aliphatic rings. The number of aliphatic imine (C=N–C) groups is 1. The molecule has 2 aromatic rings. The number of aromatic nitrogens is 3. The molecule has 0 bridgehead atoms. The first-order valence-electron chi connectivity index (χ1n) is 7.69. The van der Waals surface area contributed by atoms with Crippen molar-refractivity contribution in [3.05, 3.63) is 41.2 Å². The summed E-state index contributed by atoms with van der Waals surface area (Å²) in [5.41, 5.74) is 0.807. The number of nitrogens with zero attached hydrogens (tertiary/aromatic N) is 3. The molecule has 2 aromatic heterocycles. The van der Waals surface area contributed by atoms with Gasteiger partial charge in [-0.2, -0.15) is 0 Å². The maximum atomic E-state index is 11.8. The van der Waals surface area contributed by atoms with Crippen molar-refractivity contribution < 1.29 is 33.9 Å². The number of hydrogen-bond donors (Lipinski definition) is 7. The lowest BCUT2D eigenvalue weighted by molar-refractivity contribution is -0.144. The number of aromatic hydroxyl groups is 1. The molecule has 0 saturated carbocycles. The normalized spacial score (nSPS) is 14.3. The highest BCUT2D eigenvalue weighted by atomic mass is 31.2. The number of imidazole rings is 1. The topological polar surface area (TPSA) is 216 Å². The molecule has 1 atom stereocenters. The van der Waals surface area contributed by atoms with Crippen LogP contribution in [0.1, 0.15) is 22.5 Å². The van der Waals surface area contributed by atoms with Gasteiger partial charge in [-0.25, -0.2) is 19.8 Å². The molecule has 0 fully saturated rings. The van der Waals surface area contributed by atoms with Crippen LogP contribution in [0, 0.1) is 6.92 Å². The van der Waals surface area contributed by atoms with Gasteiger partial charge in [0.1, 0.15) is 5.75 Å². The Labute approximate surface area is 158 Å². The Hall–Kier alpha value is -2.67. The van der Waals surface area contributed by atoms with Crippen molar-refractivity contribution in [2.45, 2.75) is 25.6 Å². The zero-order valence-corrected chi connectivity index (χ0v) is 15.5. The number of aliphatic carboxylic acids is 1. The lowest BCUT2D eigenvalue weighted by Gasteiger charge is -2.23. The summed E-state index contributed by atoms with van der Waals surface area (Å²) in [6, 6.07) is 0. The minimum Gasteiger partial charge on any atom is -0.505 e. The van der Waals surface area contributed by atoms with Crippen LogP contribution in [0.3, 0.4) is 0 Å². The molecule has 0 aliphatic heterocycles. The van der Waals surface area contributed by atoms with E-state index in [-0.39, 0.29) is 29.0 Å². The summed E-state index contributed by atoms with van der Waals surface area (Å²) in [4.78, 5) is 43.9. The van der Waals surface area contributed by atoms with Crippen molar-refractivity contribution in [1.82, 2.24) is 20.4 Å². The molecule has 13 nitrogen and oxygen atoms in total. The van der Waals surface area contributed by atoms with Crippen molar-refractivity contribution in [3.63, 3.8) is 0 Å². The van der Waals surface area contributed by atoms with Crippen LogP contribution < -0.4 is 11.3 Å². The monoisotopic (exact) mass is 414 g/mol. The predicted octanol–water partition coefficient (Wildman–Crippen LogP) is -0.666. The molecule has 0 saturated heterocycles. The Morgan fingerprint density at radius 2 is 2.21 bits per heavy atom. The van der Waals surface area contributed by atoms with Gasteiger partial charge in [0.2, 0.25) is 5.66 Å². The van der Waals surface area contributed by atoms with Gasteiger partial charge >= 0.3 is 13.8 Å². The maximum Gasteiger partial charge on any atom is 0.469 e. The summed E-state index contributed by atoms with van der Waals surface area (Å²) in [7, 11) is -4.78. The molecule has 14 heteroatoms. The van der Waals surface area contributed by atoms with E-state index in [1.165, 1.54) is 25.6 Å². The fraction of sp³-hybridized carbons (Fsp3) is 0.286. The van der Waals surface area contributed by atoms with E-state index in [2.05, 4.69) is 29.9 Å². The number of aromatic amines is 1. The molecule has 0 spiro atoms. The number of phosphoric ester groups is 1. The number of carbonyl (C=O) groups is 1. The number of hydrogen-bond acceptors (Lipinski definition) is 9. The first-order valence-corrected chi connectivity index (χ1v) is 9.22. The highest BCUT2D eigenvalue weighted by molar-refractivity contribution is 7.46. The Morgan fingerprint density at radius 3 is 2.75 bits per heavy atom. The number of nitrogens with one attached hydrogen (secondary N) is 2. The zero-order valence-electron chi connectivity index (χ0n) is 14.6. The lowest BCUT2D eigenvalue weighted by Crippen LogP contribution is -2.55. The van der Waals surface area contributed by atoms with E-state index < -0.39 is 26.1 Å². The summed E-state index contributed by atoms with van der Waals surface area (Å²) < 4.78 is 15.4. The molecule has 2 rings (SSSR count). The molecule has 0 unspecified atom stereocenters. The van der Waals surface area contributed by atoms with Gasteiger partial charge in [-0.15, -0.1) is 0 Å². The summed E-state index contributed by atoms with van der Waals surface area (Å²) >= 11 is 0. The highest BCUT2D eigenvalue weighted by Gasteiger charge is 2.37. The molecule has 0 aliphatic carbocycles. The van der Waals surface area contributed by atoms with Crippen LogP contribution in [0.25, 0.3) is 0 Å². The molecule has 28 heavy (non-hydrogen) atoms. The second-order valence-corrected chi connectivity index (χ2v) is 6.96. The van der Waals surface area contributed by atoms with Crippen molar-refractivity contribution in [2.24, 2.45) is 10.8 Å². The SMILES string of the molecule is Cc1ncc(COP(=O)(O)O)c(/C=N/[C@](Cc2cnc[nH]2)(NN)C(=O)O)c1O. The fourth-order valence-electron chi connectivity index (χ4n) is 2.22. The van der Waals surface area contributed by atoms with Crippen LogP contribution in [-0.2, 0) is 26.9 Å². The lowest BCUT2D eigenvalue weighted by atomic mass is 10.0. The minimum absolute atomic E-state index is 0.0218. The van der Waals surface area contributed by atoms with Gasteiger partial charge < -0.3 is 25.0 Å². The van der Waals surface area contributed by atoms with Gasteiger partial charge in [-0.1, -0.05) is 0 Å². The number of carboxylic acid groups (broad SMARTS) is 1. The Balaban J connectivity index is 2.44. The van der Waals surface area contributed by atoms with Crippen LogP contribution in [0.15, 0.2) is 23.7 Å². The van der Waals surface area contributed by atoms with Crippen molar-refractivity contribution in [2.75, 3.05) is 0 Å². The van der Waals surface area contributed by atoms with Gasteiger partial charge in [0.05, 0.1) is 18.6 Å². The molecule has 2 heterocycles. The molecule has 0 radical (unpaired) electrons. The van der Waals surface area contributed by atoms with Gasteiger partial charge in [0, 0.05) is 41.8 Å². The Kier molecular flexibility index (Phi) is 6.61. The maximum absolute atomic E-state index is 11.8. The first kappa shape index (κ1) is 21.6. The van der Waals surface area contributed by atoms with Gasteiger partial charge in [0.15, 0.2) is 0 Å². The summed E-state index contributed by atoms with van der Waals surface area (Å²) in [6.45, 7) is 0.889. The van der Waals surface area contributed by atoms with Crippen LogP contribution in [-0.4, -0.2) is 52.8 Å². The van der Waals surface area contributed by atoms with E-state index in [4.69, 9.17) is 15.6 Å². The van der Waals surface area contributed by atoms with E-state index in [9.17, 15) is 19.6 Å². The number of phosphoric acid groups is 1. The van der Waals surface area contributed by atoms with E-state index in [1.54, 1.807) is 0 Å². The van der Waals surface area contributed by atoms with Crippen molar-refractivity contribution in [3.8, 4) is 5.75 Å². The van der Waals surface area contributed by atoms with Crippen molar-refractivity contribution >= 4 is 20.0 Å². The third kappa shape index (κ3) is 5.19. The average Bonchev–Trinajstić information content (AvgIpc) is 3.12. The third-order valence-corrected chi connectivity index (χ3v) is 4.22. The Bertz CT molecular complexity index is 913. The van der Waals surface area contributed by atoms with Gasteiger partial charge in [-0.3, -0.25) is 20.3 Å². The number of pyridine rings is 1. The number of aryl methyl sites for hydroxylation is 1. The van der Waals surface area contributed by atoms with Gasteiger partial charge in [0.25, 0.3) is 0 Å². The smallest absolute Gasteiger partial charge is 0.469 e. The van der Waals surface area contributed by atoms with E-state index in [1.807, 2.05) is 0 Å². The third-order valence-electron chi connectivity index (χ3n) is 3.75. The molecule has 0 aromatic carbocycles. The number of carboxylic acids is 1. The number of hydrazine groups is 1.